The highest BCUT2D eigenvalue weighted by atomic mass is 16.5. The lowest BCUT2D eigenvalue weighted by molar-refractivity contribution is 0.0977. The average Bonchev–Trinajstić information content (AvgIpc) is 2.58. The van der Waals surface area contributed by atoms with Crippen LogP contribution in [0.1, 0.15) is 76.0 Å². The number of benzene rings is 1. The first-order valence-electron chi connectivity index (χ1n) is 9.77. The van der Waals surface area contributed by atoms with Gasteiger partial charge >= 0.3 is 0 Å². The second kappa shape index (κ2) is 8.69. The largest absolute Gasteiger partial charge is 0.492 e. The Morgan fingerprint density at radius 3 is 2.33 bits per heavy atom. The average molecular weight is 368 g/mol. The minimum atomic E-state index is -0.0889. The van der Waals surface area contributed by atoms with Crippen molar-refractivity contribution in [1.82, 2.24) is 4.98 Å². The van der Waals surface area contributed by atoms with E-state index in [1.807, 2.05) is 30.3 Å². The minimum absolute atomic E-state index is 0.0889. The van der Waals surface area contributed by atoms with Gasteiger partial charge in [-0.2, -0.15) is 0 Å². The van der Waals surface area contributed by atoms with Gasteiger partial charge < -0.3 is 4.74 Å². The summed E-state index contributed by atoms with van der Waals surface area (Å²) in [6, 6.07) is 11.7. The lowest BCUT2D eigenvalue weighted by Crippen LogP contribution is -2.18. The summed E-state index contributed by atoms with van der Waals surface area (Å²) in [4.78, 5) is 17.3. The van der Waals surface area contributed by atoms with Crippen molar-refractivity contribution in [2.45, 2.75) is 66.2 Å². The molecule has 0 aliphatic heterocycles. The Kier molecular flexibility index (Phi) is 6.80. The molecule has 27 heavy (non-hydrogen) atoms. The Bertz CT molecular complexity index is 752. The summed E-state index contributed by atoms with van der Waals surface area (Å²) in [6.45, 7) is 13.7. The Hall–Kier alpha value is -2.16. The molecule has 1 heterocycles. The maximum atomic E-state index is 13.0. The molecular weight excluding hydrogens is 334 g/mol. The van der Waals surface area contributed by atoms with Crippen LogP contribution in [0.5, 0.6) is 5.75 Å². The number of Topliss-reactive ketones (excluding diaryl/α,β-unsaturated/α-hetero) is 1. The third-order valence-electron chi connectivity index (χ3n) is 4.56. The van der Waals surface area contributed by atoms with E-state index in [0.29, 0.717) is 25.0 Å². The Labute approximate surface area is 164 Å². The molecule has 146 valence electrons. The van der Waals surface area contributed by atoms with Crippen molar-refractivity contribution in [1.29, 1.82) is 0 Å². The maximum Gasteiger partial charge on any atom is 0.166 e. The number of ether oxygens (including phenoxy) is 1. The van der Waals surface area contributed by atoms with Crippen LogP contribution in [0.2, 0.25) is 0 Å². The van der Waals surface area contributed by atoms with E-state index < -0.39 is 0 Å². The molecule has 0 fully saturated rings. The minimum Gasteiger partial charge on any atom is -0.492 e. The molecule has 2 rings (SSSR count). The van der Waals surface area contributed by atoms with E-state index >= 15 is 0 Å². The van der Waals surface area contributed by atoms with Crippen molar-refractivity contribution in [3.63, 3.8) is 0 Å². The van der Waals surface area contributed by atoms with Gasteiger partial charge in [0.15, 0.2) is 5.78 Å². The molecule has 0 spiro atoms. The van der Waals surface area contributed by atoms with Crippen LogP contribution < -0.4 is 4.74 Å². The summed E-state index contributed by atoms with van der Waals surface area (Å²) >= 11 is 0. The summed E-state index contributed by atoms with van der Waals surface area (Å²) in [7, 11) is 0. The van der Waals surface area contributed by atoms with E-state index in [0.717, 1.165) is 23.4 Å². The number of rotatable bonds is 7. The fourth-order valence-corrected chi connectivity index (χ4v) is 2.88. The number of para-hydroxylation sites is 1. The molecule has 1 aromatic carbocycles. The molecule has 0 radical (unpaired) electrons. The van der Waals surface area contributed by atoms with Gasteiger partial charge in [-0.1, -0.05) is 59.7 Å². The summed E-state index contributed by atoms with van der Waals surface area (Å²) in [6.07, 6.45) is 3.77. The predicted molar refractivity (Wildman–Crippen MR) is 112 cm³/mol. The smallest absolute Gasteiger partial charge is 0.166 e. The highest BCUT2D eigenvalue weighted by Gasteiger charge is 2.24. The van der Waals surface area contributed by atoms with E-state index in [9.17, 15) is 4.79 Å². The summed E-state index contributed by atoms with van der Waals surface area (Å²) in [5, 5.41) is 0. The van der Waals surface area contributed by atoms with Crippen molar-refractivity contribution >= 4 is 5.78 Å². The summed E-state index contributed by atoms with van der Waals surface area (Å²) in [5.74, 6) is 0.859. The van der Waals surface area contributed by atoms with Gasteiger partial charge in [0.1, 0.15) is 5.75 Å². The van der Waals surface area contributed by atoms with Crippen LogP contribution in [0.3, 0.4) is 0 Å². The quantitative estimate of drug-likeness (QED) is 0.563. The van der Waals surface area contributed by atoms with Gasteiger partial charge in [0.2, 0.25) is 0 Å². The van der Waals surface area contributed by atoms with Gasteiger partial charge in [-0.05, 0) is 41.9 Å². The SMILES string of the molecule is CC(C)(C)CCOc1c(C(=O)CCc2ccccn2)cccc1C(C)(C)C. The van der Waals surface area contributed by atoms with Crippen LogP contribution in [0.25, 0.3) is 0 Å². The number of carbonyl (C=O) groups is 1. The number of hydrogen-bond donors (Lipinski definition) is 0. The first-order chi connectivity index (χ1) is 12.6. The van der Waals surface area contributed by atoms with Gasteiger partial charge in [0.05, 0.1) is 12.2 Å². The van der Waals surface area contributed by atoms with Crippen molar-refractivity contribution in [3.05, 3.63) is 59.4 Å². The molecule has 3 heteroatoms. The van der Waals surface area contributed by atoms with Gasteiger partial charge in [-0.15, -0.1) is 0 Å². The van der Waals surface area contributed by atoms with Crippen molar-refractivity contribution in [3.8, 4) is 5.75 Å². The van der Waals surface area contributed by atoms with Crippen molar-refractivity contribution in [2.75, 3.05) is 6.61 Å². The van der Waals surface area contributed by atoms with Crippen LogP contribution in [-0.4, -0.2) is 17.4 Å². The molecule has 1 aromatic heterocycles. The Morgan fingerprint density at radius 2 is 1.74 bits per heavy atom. The molecule has 0 bridgehead atoms. The number of pyridine rings is 1. The second-order valence-corrected chi connectivity index (χ2v) is 9.34. The van der Waals surface area contributed by atoms with E-state index in [2.05, 4.69) is 52.6 Å². The monoisotopic (exact) mass is 367 g/mol. The van der Waals surface area contributed by atoms with E-state index in [4.69, 9.17) is 4.74 Å². The Balaban J connectivity index is 2.24. The summed E-state index contributed by atoms with van der Waals surface area (Å²) < 4.78 is 6.21. The number of ketones is 1. The molecule has 0 saturated heterocycles. The molecular formula is C24H33NO2. The Morgan fingerprint density at radius 1 is 1.00 bits per heavy atom. The van der Waals surface area contributed by atoms with E-state index in [1.165, 1.54) is 0 Å². The van der Waals surface area contributed by atoms with Crippen LogP contribution in [0.4, 0.5) is 0 Å². The number of aryl methyl sites for hydroxylation is 1. The molecule has 2 aromatic rings. The molecule has 0 aliphatic carbocycles. The zero-order valence-electron chi connectivity index (χ0n) is 17.6. The first kappa shape index (κ1) is 21.1. The second-order valence-electron chi connectivity index (χ2n) is 9.34. The van der Waals surface area contributed by atoms with Gasteiger partial charge in [0, 0.05) is 23.9 Å². The normalized spacial score (nSPS) is 12.1. The molecule has 0 unspecified atom stereocenters. The lowest BCUT2D eigenvalue weighted by Gasteiger charge is -2.26. The van der Waals surface area contributed by atoms with Crippen LogP contribution >= 0.6 is 0 Å². The zero-order chi connectivity index (χ0) is 20.1. The highest BCUT2D eigenvalue weighted by molar-refractivity contribution is 5.99. The molecule has 3 nitrogen and oxygen atoms in total. The fourth-order valence-electron chi connectivity index (χ4n) is 2.88. The van der Waals surface area contributed by atoms with Gasteiger partial charge in [-0.25, -0.2) is 0 Å². The highest BCUT2D eigenvalue weighted by Crippen LogP contribution is 2.35. The molecule has 0 N–H and O–H groups in total. The van der Waals surface area contributed by atoms with Crippen LogP contribution in [0, 0.1) is 5.41 Å². The molecule has 0 aliphatic rings. The number of carbonyl (C=O) groups excluding carboxylic acids is 1. The topological polar surface area (TPSA) is 39.2 Å². The van der Waals surface area contributed by atoms with Gasteiger partial charge in [-0.3, -0.25) is 9.78 Å². The number of hydrogen-bond acceptors (Lipinski definition) is 3. The third-order valence-corrected chi connectivity index (χ3v) is 4.56. The van der Waals surface area contributed by atoms with Crippen molar-refractivity contribution in [2.24, 2.45) is 5.41 Å². The van der Waals surface area contributed by atoms with Crippen LogP contribution in [0.15, 0.2) is 42.6 Å². The van der Waals surface area contributed by atoms with E-state index in [-0.39, 0.29) is 16.6 Å². The van der Waals surface area contributed by atoms with Gasteiger partial charge in [0.25, 0.3) is 0 Å². The fraction of sp³-hybridized carbons (Fsp3) is 0.500. The first-order valence-corrected chi connectivity index (χ1v) is 9.77. The maximum absolute atomic E-state index is 13.0. The standard InChI is InChI=1S/C24H33NO2/c1-23(2,3)15-17-27-22-19(11-9-12-20(22)24(4,5)6)21(26)14-13-18-10-7-8-16-25-18/h7-12,16H,13-15,17H2,1-6H3. The number of nitrogens with zero attached hydrogens (tertiary/aromatic N) is 1. The predicted octanol–water partition coefficient (Wildman–Crippen LogP) is 6.01. The molecule has 0 atom stereocenters. The number of aromatic nitrogens is 1. The molecule has 0 saturated carbocycles. The van der Waals surface area contributed by atoms with E-state index in [1.54, 1.807) is 6.20 Å². The van der Waals surface area contributed by atoms with Crippen LogP contribution in [-0.2, 0) is 11.8 Å². The lowest BCUT2D eigenvalue weighted by atomic mass is 9.84. The van der Waals surface area contributed by atoms with Crippen molar-refractivity contribution < 1.29 is 9.53 Å². The molecule has 0 amide bonds. The zero-order valence-corrected chi connectivity index (χ0v) is 17.6. The summed E-state index contributed by atoms with van der Waals surface area (Å²) in [5.41, 5.74) is 2.81. The third kappa shape index (κ3) is 6.50.